The smallest absolute Gasteiger partial charge is 0.410 e. The molecule has 1 atom stereocenters. The minimum absolute atomic E-state index is 0.155. The molecule has 170 valence electrons. The fraction of sp³-hybridized carbons (Fsp3) is 0.519. The van der Waals surface area contributed by atoms with Crippen LogP contribution in [0.2, 0.25) is 0 Å². The van der Waals surface area contributed by atoms with Crippen LogP contribution >= 0.6 is 0 Å². The summed E-state index contributed by atoms with van der Waals surface area (Å²) < 4.78 is 11.9. The lowest BCUT2D eigenvalue weighted by atomic mass is 9.85. The van der Waals surface area contributed by atoms with Crippen LogP contribution in [0.1, 0.15) is 49.7 Å². The highest BCUT2D eigenvalue weighted by Crippen LogP contribution is 2.37. The largest absolute Gasteiger partial charge is 0.441 e. The van der Waals surface area contributed by atoms with Crippen molar-refractivity contribution in [3.63, 3.8) is 0 Å². The number of carbonyl (C=O) groups is 1. The van der Waals surface area contributed by atoms with Gasteiger partial charge in [0.1, 0.15) is 5.60 Å². The first-order chi connectivity index (χ1) is 15.6. The van der Waals surface area contributed by atoms with E-state index in [9.17, 15) is 4.79 Å². The minimum Gasteiger partial charge on any atom is -0.441 e. The van der Waals surface area contributed by atoms with E-state index in [1.54, 1.807) is 0 Å². The molecular weight excluding hydrogens is 400 g/mol. The van der Waals surface area contributed by atoms with Crippen molar-refractivity contribution in [2.45, 2.75) is 63.4 Å². The predicted molar refractivity (Wildman–Crippen MR) is 125 cm³/mol. The molecule has 32 heavy (non-hydrogen) atoms. The number of amides is 1. The van der Waals surface area contributed by atoms with Gasteiger partial charge in [0.15, 0.2) is 0 Å². The molecule has 0 bridgehead atoms. The fourth-order valence-electron chi connectivity index (χ4n) is 5.33. The van der Waals surface area contributed by atoms with Crippen LogP contribution in [0.5, 0.6) is 0 Å². The third-order valence-corrected chi connectivity index (χ3v) is 7.25. The number of benzene rings is 2. The Kier molecular flexibility index (Phi) is 6.20. The van der Waals surface area contributed by atoms with Gasteiger partial charge in [-0.2, -0.15) is 0 Å². The molecule has 2 aromatic carbocycles. The first-order valence-corrected chi connectivity index (χ1v) is 12.0. The van der Waals surface area contributed by atoms with Crippen LogP contribution in [0.3, 0.4) is 0 Å². The Morgan fingerprint density at radius 3 is 2.25 bits per heavy atom. The molecule has 3 fully saturated rings. The molecule has 1 spiro atoms. The first kappa shape index (κ1) is 21.5. The van der Waals surface area contributed by atoms with Crippen LogP contribution in [-0.2, 0) is 22.6 Å². The van der Waals surface area contributed by atoms with Crippen molar-refractivity contribution < 1.29 is 14.3 Å². The second-order valence-corrected chi connectivity index (χ2v) is 9.85. The Labute approximate surface area is 191 Å². The third kappa shape index (κ3) is 4.84. The summed E-state index contributed by atoms with van der Waals surface area (Å²) in [6.07, 6.45) is 6.92. The zero-order valence-electron chi connectivity index (χ0n) is 19.1. The lowest BCUT2D eigenvalue weighted by Crippen LogP contribution is -2.36. The van der Waals surface area contributed by atoms with Crippen molar-refractivity contribution in [2.75, 3.05) is 26.7 Å². The second kappa shape index (κ2) is 9.24. The SMILES string of the molecule is CN1CC[C@@H](OCc2ccc(-c3ccc(CN4CC5(CCCCC5)OC4=O)cc3)cc2)C1. The lowest BCUT2D eigenvalue weighted by molar-refractivity contribution is 0.0260. The average molecular weight is 435 g/mol. The van der Waals surface area contributed by atoms with Gasteiger partial charge in [-0.3, -0.25) is 4.90 Å². The fourth-order valence-corrected chi connectivity index (χ4v) is 5.33. The Morgan fingerprint density at radius 1 is 0.969 bits per heavy atom. The summed E-state index contributed by atoms with van der Waals surface area (Å²) in [4.78, 5) is 16.6. The van der Waals surface area contributed by atoms with Crippen LogP contribution < -0.4 is 0 Å². The highest BCUT2D eigenvalue weighted by Gasteiger charge is 2.45. The Balaban J connectivity index is 1.16. The van der Waals surface area contributed by atoms with E-state index >= 15 is 0 Å². The molecule has 1 aliphatic carbocycles. The third-order valence-electron chi connectivity index (χ3n) is 7.25. The number of hydrogen-bond donors (Lipinski definition) is 0. The van der Waals surface area contributed by atoms with E-state index in [1.165, 1.54) is 36.0 Å². The minimum atomic E-state index is -0.228. The molecule has 0 radical (unpaired) electrons. The molecule has 3 aliphatic rings. The van der Waals surface area contributed by atoms with Gasteiger partial charge in [-0.1, -0.05) is 55.0 Å². The Morgan fingerprint density at radius 2 is 1.62 bits per heavy atom. The normalized spacial score (nSPS) is 23.1. The Hall–Kier alpha value is -2.37. The summed E-state index contributed by atoms with van der Waals surface area (Å²) in [6, 6.07) is 17.2. The van der Waals surface area contributed by atoms with Gasteiger partial charge < -0.3 is 14.4 Å². The molecule has 0 N–H and O–H groups in total. The lowest BCUT2D eigenvalue weighted by Gasteiger charge is -2.30. The number of rotatable bonds is 6. The molecule has 2 aromatic rings. The maximum Gasteiger partial charge on any atom is 0.410 e. The van der Waals surface area contributed by atoms with Crippen molar-refractivity contribution in [1.82, 2.24) is 9.80 Å². The maximum absolute atomic E-state index is 12.4. The summed E-state index contributed by atoms with van der Waals surface area (Å²) in [7, 11) is 2.15. The van der Waals surface area contributed by atoms with Gasteiger partial charge in [0, 0.05) is 19.6 Å². The first-order valence-electron chi connectivity index (χ1n) is 12.0. The van der Waals surface area contributed by atoms with E-state index in [1.807, 2.05) is 4.90 Å². The number of hydrogen-bond acceptors (Lipinski definition) is 4. The standard InChI is InChI=1S/C27H34N2O3/c1-28-16-13-25(18-28)31-19-22-7-11-24(12-8-22)23-9-5-21(6-10-23)17-29-20-27(32-26(29)30)14-3-2-4-15-27/h5-12,25H,2-4,13-20H2,1H3/t25-/m1/s1. The van der Waals surface area contributed by atoms with Crippen LogP contribution in [0.4, 0.5) is 4.79 Å². The molecule has 2 aliphatic heterocycles. The van der Waals surface area contributed by atoms with Gasteiger partial charge in [-0.05, 0) is 61.4 Å². The molecule has 1 amide bonds. The molecule has 0 unspecified atom stereocenters. The van der Waals surface area contributed by atoms with Crippen LogP contribution in [0, 0.1) is 0 Å². The number of likely N-dealkylation sites (N-methyl/N-ethyl adjacent to an activating group) is 1. The summed E-state index contributed by atoms with van der Waals surface area (Å²) in [5, 5.41) is 0. The molecule has 0 aromatic heterocycles. The molecule has 1 saturated carbocycles. The van der Waals surface area contributed by atoms with Crippen molar-refractivity contribution in [3.05, 3.63) is 59.7 Å². The average Bonchev–Trinajstić information content (AvgIpc) is 3.36. The van der Waals surface area contributed by atoms with Crippen molar-refractivity contribution in [3.8, 4) is 11.1 Å². The number of ether oxygens (including phenoxy) is 2. The molecule has 5 nitrogen and oxygen atoms in total. The van der Waals surface area contributed by atoms with Crippen LogP contribution in [0.25, 0.3) is 11.1 Å². The van der Waals surface area contributed by atoms with E-state index in [0.29, 0.717) is 19.3 Å². The van der Waals surface area contributed by atoms with E-state index in [4.69, 9.17) is 9.47 Å². The number of nitrogens with zero attached hydrogens (tertiary/aromatic N) is 2. The molecule has 5 rings (SSSR count). The summed E-state index contributed by atoms with van der Waals surface area (Å²) in [5.74, 6) is 0. The zero-order chi connectivity index (χ0) is 22.0. The second-order valence-electron chi connectivity index (χ2n) is 9.85. The van der Waals surface area contributed by atoms with Crippen LogP contribution in [0.15, 0.2) is 48.5 Å². The molecule has 2 saturated heterocycles. The summed E-state index contributed by atoms with van der Waals surface area (Å²) in [5.41, 5.74) is 4.51. The van der Waals surface area contributed by atoms with Crippen molar-refractivity contribution in [1.29, 1.82) is 0 Å². The van der Waals surface area contributed by atoms with Gasteiger partial charge >= 0.3 is 6.09 Å². The van der Waals surface area contributed by atoms with E-state index in [-0.39, 0.29) is 11.7 Å². The van der Waals surface area contributed by atoms with Gasteiger partial charge in [0.25, 0.3) is 0 Å². The van der Waals surface area contributed by atoms with Gasteiger partial charge in [0.05, 0.1) is 19.3 Å². The van der Waals surface area contributed by atoms with Crippen molar-refractivity contribution in [2.24, 2.45) is 0 Å². The maximum atomic E-state index is 12.4. The van der Waals surface area contributed by atoms with Gasteiger partial charge in [-0.15, -0.1) is 0 Å². The summed E-state index contributed by atoms with van der Waals surface area (Å²) >= 11 is 0. The molecular formula is C27H34N2O3. The van der Waals surface area contributed by atoms with Crippen molar-refractivity contribution >= 4 is 6.09 Å². The van der Waals surface area contributed by atoms with E-state index < -0.39 is 0 Å². The van der Waals surface area contributed by atoms with Gasteiger partial charge in [0.2, 0.25) is 0 Å². The van der Waals surface area contributed by atoms with Gasteiger partial charge in [-0.25, -0.2) is 4.79 Å². The highest BCUT2D eigenvalue weighted by molar-refractivity contribution is 5.71. The van der Waals surface area contributed by atoms with Crippen LogP contribution in [-0.4, -0.2) is 54.3 Å². The quantitative estimate of drug-likeness (QED) is 0.624. The van der Waals surface area contributed by atoms with E-state index in [0.717, 1.165) is 44.5 Å². The summed E-state index contributed by atoms with van der Waals surface area (Å²) in [6.45, 7) is 4.17. The van der Waals surface area contributed by atoms with E-state index in [2.05, 4.69) is 60.5 Å². The highest BCUT2D eigenvalue weighted by atomic mass is 16.6. The molecule has 5 heteroatoms. The monoisotopic (exact) mass is 434 g/mol. The predicted octanol–water partition coefficient (Wildman–Crippen LogP) is 5.23. The number of likely N-dealkylation sites (tertiary alicyclic amines) is 1. The number of carbonyl (C=O) groups excluding carboxylic acids is 1. The zero-order valence-corrected chi connectivity index (χ0v) is 19.1. The Bertz CT molecular complexity index is 919. The molecule has 2 heterocycles. The topological polar surface area (TPSA) is 42.0 Å².